The average Bonchev–Trinajstić information content (AvgIpc) is 2.34. The van der Waals surface area contributed by atoms with Gasteiger partial charge in [-0.25, -0.2) is 0 Å². The maximum atomic E-state index is 10.9. The van der Waals surface area contributed by atoms with Crippen LogP contribution in [0.25, 0.3) is 0 Å². The SMILES string of the molecule is CN1CN(CC2CCC(C(=O)O)CC2)CSC1=S. The van der Waals surface area contributed by atoms with E-state index in [2.05, 4.69) is 9.80 Å². The van der Waals surface area contributed by atoms with Gasteiger partial charge in [0.2, 0.25) is 0 Å². The van der Waals surface area contributed by atoms with Gasteiger partial charge in [-0.2, -0.15) is 0 Å². The lowest BCUT2D eigenvalue weighted by atomic mass is 9.82. The fourth-order valence-electron chi connectivity index (χ4n) is 2.72. The Balaban J connectivity index is 1.75. The third-order valence-corrected chi connectivity index (χ3v) is 5.52. The Hall–Kier alpha value is -0.330. The lowest BCUT2D eigenvalue weighted by Crippen LogP contribution is -2.44. The second-order valence-electron chi connectivity index (χ2n) is 5.29. The standard InChI is InChI=1S/C12H20N2O2S2/c1-13-7-14(8-18-12(13)17)6-9-2-4-10(5-3-9)11(15)16/h9-10H,2-8H2,1H3,(H,15,16). The summed E-state index contributed by atoms with van der Waals surface area (Å²) in [6, 6.07) is 0. The van der Waals surface area contributed by atoms with Crippen molar-refractivity contribution in [3.63, 3.8) is 0 Å². The predicted molar refractivity (Wildman–Crippen MR) is 77.5 cm³/mol. The number of hydrogen-bond acceptors (Lipinski definition) is 4. The largest absolute Gasteiger partial charge is 0.481 e. The van der Waals surface area contributed by atoms with Crippen molar-refractivity contribution in [1.82, 2.24) is 9.80 Å². The molecule has 2 rings (SSSR count). The molecule has 102 valence electrons. The van der Waals surface area contributed by atoms with Gasteiger partial charge >= 0.3 is 5.97 Å². The molecule has 0 aromatic carbocycles. The van der Waals surface area contributed by atoms with Crippen molar-refractivity contribution >= 4 is 34.3 Å². The molecule has 0 amide bonds. The molecule has 2 aliphatic rings. The summed E-state index contributed by atoms with van der Waals surface area (Å²) in [5.74, 6) is 0.905. The molecule has 0 bridgehead atoms. The maximum Gasteiger partial charge on any atom is 0.306 e. The number of carboxylic acid groups (broad SMARTS) is 1. The Labute approximate surface area is 118 Å². The molecule has 18 heavy (non-hydrogen) atoms. The first kappa shape index (κ1) is 14.1. The lowest BCUT2D eigenvalue weighted by Gasteiger charge is -2.37. The Morgan fingerprint density at radius 3 is 2.67 bits per heavy atom. The first-order valence-corrected chi connectivity index (χ1v) is 7.78. The van der Waals surface area contributed by atoms with Crippen molar-refractivity contribution in [1.29, 1.82) is 0 Å². The normalized spacial score (nSPS) is 30.5. The number of aliphatic carboxylic acids is 1. The van der Waals surface area contributed by atoms with Crippen molar-refractivity contribution in [2.45, 2.75) is 25.7 Å². The molecule has 1 aliphatic heterocycles. The van der Waals surface area contributed by atoms with Crippen molar-refractivity contribution in [2.75, 3.05) is 26.1 Å². The molecule has 1 N–H and O–H groups in total. The van der Waals surface area contributed by atoms with Crippen molar-refractivity contribution in [3.05, 3.63) is 0 Å². The van der Waals surface area contributed by atoms with E-state index in [1.165, 1.54) is 0 Å². The van der Waals surface area contributed by atoms with Crippen molar-refractivity contribution in [2.24, 2.45) is 11.8 Å². The maximum absolute atomic E-state index is 10.9. The van der Waals surface area contributed by atoms with E-state index in [-0.39, 0.29) is 5.92 Å². The van der Waals surface area contributed by atoms with Crippen LogP contribution in [0.4, 0.5) is 0 Å². The van der Waals surface area contributed by atoms with Gasteiger partial charge in [-0.15, -0.1) is 0 Å². The second kappa shape index (κ2) is 6.21. The lowest BCUT2D eigenvalue weighted by molar-refractivity contribution is -0.143. The van der Waals surface area contributed by atoms with Crippen molar-refractivity contribution in [3.8, 4) is 0 Å². The number of carbonyl (C=O) groups is 1. The Bertz CT molecular complexity index is 330. The highest BCUT2D eigenvalue weighted by Crippen LogP contribution is 2.30. The molecule has 0 atom stereocenters. The van der Waals surface area contributed by atoms with Crippen LogP contribution in [-0.4, -0.2) is 51.3 Å². The molecule has 0 aromatic rings. The summed E-state index contributed by atoms with van der Waals surface area (Å²) >= 11 is 6.94. The Kier molecular flexibility index (Phi) is 4.86. The number of carboxylic acids is 1. The van der Waals surface area contributed by atoms with Gasteiger partial charge in [-0.1, -0.05) is 24.0 Å². The van der Waals surface area contributed by atoms with Gasteiger partial charge in [0.1, 0.15) is 4.32 Å². The number of thioether (sulfide) groups is 1. The van der Waals surface area contributed by atoms with E-state index in [4.69, 9.17) is 17.3 Å². The van der Waals surface area contributed by atoms with Crippen molar-refractivity contribution < 1.29 is 9.90 Å². The fourth-order valence-corrected chi connectivity index (χ4v) is 3.70. The molecule has 0 aromatic heterocycles. The summed E-state index contributed by atoms with van der Waals surface area (Å²) in [5, 5.41) is 8.98. The summed E-state index contributed by atoms with van der Waals surface area (Å²) in [6.07, 6.45) is 3.78. The van der Waals surface area contributed by atoms with Gasteiger partial charge in [-0.05, 0) is 31.6 Å². The molecule has 1 heterocycles. The van der Waals surface area contributed by atoms with Crippen LogP contribution in [0.5, 0.6) is 0 Å². The van der Waals surface area contributed by atoms with E-state index in [9.17, 15) is 4.79 Å². The third kappa shape index (κ3) is 3.59. The summed E-state index contributed by atoms with van der Waals surface area (Å²) in [4.78, 5) is 15.4. The van der Waals surface area contributed by atoms with Gasteiger partial charge in [-0.3, -0.25) is 9.69 Å². The van der Waals surface area contributed by atoms with Gasteiger partial charge in [0.05, 0.1) is 18.5 Å². The molecular weight excluding hydrogens is 268 g/mol. The van der Waals surface area contributed by atoms with Crippen LogP contribution in [0.2, 0.25) is 0 Å². The number of nitrogens with zero attached hydrogens (tertiary/aromatic N) is 2. The van der Waals surface area contributed by atoms with Gasteiger partial charge < -0.3 is 10.0 Å². The monoisotopic (exact) mass is 288 g/mol. The van der Waals surface area contributed by atoms with Crippen LogP contribution in [0, 0.1) is 11.8 Å². The van der Waals surface area contributed by atoms with Gasteiger partial charge in [0, 0.05) is 13.6 Å². The fraction of sp³-hybridized carbons (Fsp3) is 0.833. The van der Waals surface area contributed by atoms with Crippen LogP contribution in [0.15, 0.2) is 0 Å². The van der Waals surface area contributed by atoms with Crippen LogP contribution >= 0.6 is 24.0 Å². The van der Waals surface area contributed by atoms with E-state index < -0.39 is 5.97 Å². The summed E-state index contributed by atoms with van der Waals surface area (Å²) in [5.41, 5.74) is 0. The molecule has 1 saturated heterocycles. The van der Waals surface area contributed by atoms with Crippen LogP contribution < -0.4 is 0 Å². The first-order valence-electron chi connectivity index (χ1n) is 6.39. The molecule has 1 aliphatic carbocycles. The molecule has 0 spiro atoms. The van der Waals surface area contributed by atoms with Crippen LogP contribution in [0.1, 0.15) is 25.7 Å². The summed E-state index contributed by atoms with van der Waals surface area (Å²) in [6.45, 7) is 1.98. The minimum Gasteiger partial charge on any atom is -0.481 e. The van der Waals surface area contributed by atoms with Crippen LogP contribution in [-0.2, 0) is 4.79 Å². The Morgan fingerprint density at radius 2 is 2.11 bits per heavy atom. The molecule has 0 unspecified atom stereocenters. The highest BCUT2D eigenvalue weighted by atomic mass is 32.2. The summed E-state index contributed by atoms with van der Waals surface area (Å²) in [7, 11) is 2.03. The van der Waals surface area contributed by atoms with E-state index in [1.54, 1.807) is 11.8 Å². The Morgan fingerprint density at radius 1 is 1.44 bits per heavy atom. The van der Waals surface area contributed by atoms with Gasteiger partial charge in [0.25, 0.3) is 0 Å². The highest BCUT2D eigenvalue weighted by Gasteiger charge is 2.28. The first-order chi connectivity index (χ1) is 8.56. The predicted octanol–water partition coefficient (Wildman–Crippen LogP) is 2.06. The molecule has 2 fully saturated rings. The molecule has 4 nitrogen and oxygen atoms in total. The minimum absolute atomic E-state index is 0.104. The zero-order valence-electron chi connectivity index (χ0n) is 10.7. The van der Waals surface area contributed by atoms with E-state index in [0.717, 1.165) is 49.1 Å². The van der Waals surface area contributed by atoms with E-state index >= 15 is 0 Å². The smallest absolute Gasteiger partial charge is 0.306 e. The van der Waals surface area contributed by atoms with Gasteiger partial charge in [0.15, 0.2) is 0 Å². The van der Waals surface area contributed by atoms with E-state index in [1.807, 2.05) is 7.05 Å². The quantitative estimate of drug-likeness (QED) is 0.802. The molecule has 6 heteroatoms. The second-order valence-corrected chi connectivity index (χ2v) is 6.87. The number of hydrogen-bond donors (Lipinski definition) is 1. The average molecular weight is 288 g/mol. The van der Waals surface area contributed by atoms with Crippen LogP contribution in [0.3, 0.4) is 0 Å². The zero-order valence-corrected chi connectivity index (χ0v) is 12.3. The van der Waals surface area contributed by atoms with E-state index in [0.29, 0.717) is 5.92 Å². The molecule has 1 saturated carbocycles. The topological polar surface area (TPSA) is 43.8 Å². The molecule has 0 radical (unpaired) electrons. The third-order valence-electron chi connectivity index (χ3n) is 3.81. The highest BCUT2D eigenvalue weighted by molar-refractivity contribution is 8.22. The summed E-state index contributed by atoms with van der Waals surface area (Å²) < 4.78 is 0.973. The zero-order chi connectivity index (χ0) is 13.1. The number of rotatable bonds is 3. The molecular formula is C12H20N2O2S2. The minimum atomic E-state index is -0.618. The number of thiocarbonyl (C=S) groups is 1.